The van der Waals surface area contributed by atoms with Gasteiger partial charge in [0.05, 0.1) is 19.2 Å². The van der Waals surface area contributed by atoms with Gasteiger partial charge in [-0.2, -0.15) is 8.42 Å². The zero-order valence-electron chi connectivity index (χ0n) is 10.6. The second kappa shape index (κ2) is 6.35. The standard InChI is InChI=1S/C11H14N2O6S/c1-19-11(16)6-8-4-2-3-5-9(8)13(7-10(14)15)20(12,17)18/h2-5H,6-7H2,1H3,(H,14,15)(H2,12,17,18). The van der Waals surface area contributed by atoms with Gasteiger partial charge in [0, 0.05) is 0 Å². The number of ether oxygens (including phenoxy) is 1. The maximum absolute atomic E-state index is 11.5. The molecule has 8 nitrogen and oxygen atoms in total. The summed E-state index contributed by atoms with van der Waals surface area (Å²) in [5.41, 5.74) is 0.331. The van der Waals surface area contributed by atoms with Crippen molar-refractivity contribution >= 4 is 27.8 Å². The van der Waals surface area contributed by atoms with Crippen LogP contribution < -0.4 is 9.44 Å². The molecule has 0 aromatic heterocycles. The Bertz CT molecular complexity index is 613. The lowest BCUT2D eigenvalue weighted by atomic mass is 10.1. The number of benzene rings is 1. The largest absolute Gasteiger partial charge is 0.480 e. The molecule has 0 aliphatic carbocycles. The van der Waals surface area contributed by atoms with Crippen molar-refractivity contribution < 1.29 is 27.9 Å². The van der Waals surface area contributed by atoms with Gasteiger partial charge in [-0.25, -0.2) is 9.44 Å². The molecule has 0 aliphatic rings. The highest BCUT2D eigenvalue weighted by Crippen LogP contribution is 2.22. The molecule has 0 spiro atoms. The third-order valence-electron chi connectivity index (χ3n) is 2.41. The van der Waals surface area contributed by atoms with E-state index in [1.807, 2.05) is 0 Å². The Kier molecular flexibility index (Phi) is 5.06. The molecule has 0 bridgehead atoms. The molecule has 20 heavy (non-hydrogen) atoms. The second-order valence-corrected chi connectivity index (χ2v) is 5.30. The van der Waals surface area contributed by atoms with Crippen LogP contribution in [-0.4, -0.2) is 39.1 Å². The predicted octanol–water partition coefficient (Wildman–Crippen LogP) is -0.503. The smallest absolute Gasteiger partial charge is 0.324 e. The minimum Gasteiger partial charge on any atom is -0.480 e. The van der Waals surface area contributed by atoms with E-state index in [1.54, 1.807) is 6.07 Å². The zero-order valence-corrected chi connectivity index (χ0v) is 11.5. The van der Waals surface area contributed by atoms with Crippen LogP contribution in [0.25, 0.3) is 0 Å². The normalized spacial score (nSPS) is 10.9. The molecule has 0 aliphatic heterocycles. The number of nitrogens with two attached hydrogens (primary N) is 1. The summed E-state index contributed by atoms with van der Waals surface area (Å²) in [4.78, 5) is 22.1. The van der Waals surface area contributed by atoms with E-state index >= 15 is 0 Å². The lowest BCUT2D eigenvalue weighted by molar-refractivity contribution is -0.139. The Labute approximate surface area is 115 Å². The molecule has 1 rings (SSSR count). The van der Waals surface area contributed by atoms with Gasteiger partial charge in [0.2, 0.25) is 0 Å². The van der Waals surface area contributed by atoms with Crippen molar-refractivity contribution in [2.75, 3.05) is 18.0 Å². The highest BCUT2D eigenvalue weighted by molar-refractivity contribution is 7.90. The number of para-hydroxylation sites is 1. The van der Waals surface area contributed by atoms with Crippen molar-refractivity contribution in [1.29, 1.82) is 0 Å². The fourth-order valence-electron chi connectivity index (χ4n) is 1.57. The number of hydrogen-bond donors (Lipinski definition) is 2. The van der Waals surface area contributed by atoms with Crippen molar-refractivity contribution in [2.45, 2.75) is 6.42 Å². The molecule has 0 atom stereocenters. The zero-order chi connectivity index (χ0) is 15.3. The topological polar surface area (TPSA) is 127 Å². The predicted molar refractivity (Wildman–Crippen MR) is 70.3 cm³/mol. The average molecular weight is 302 g/mol. The SMILES string of the molecule is COC(=O)Cc1ccccc1N(CC(=O)O)S(N)(=O)=O. The number of aliphatic carboxylic acids is 1. The molecule has 1 aromatic rings. The summed E-state index contributed by atoms with van der Waals surface area (Å²) in [6.45, 7) is -0.836. The van der Waals surface area contributed by atoms with E-state index in [4.69, 9.17) is 10.2 Å². The average Bonchev–Trinajstić information content (AvgIpc) is 2.35. The molecule has 0 unspecified atom stereocenters. The van der Waals surface area contributed by atoms with Crippen molar-refractivity contribution in [3.8, 4) is 0 Å². The van der Waals surface area contributed by atoms with E-state index in [-0.39, 0.29) is 12.1 Å². The number of esters is 1. The molecule has 0 radical (unpaired) electrons. The van der Waals surface area contributed by atoms with Gasteiger partial charge in [-0.15, -0.1) is 0 Å². The summed E-state index contributed by atoms with van der Waals surface area (Å²) >= 11 is 0. The van der Waals surface area contributed by atoms with Crippen LogP contribution in [0.1, 0.15) is 5.56 Å². The number of hydrogen-bond acceptors (Lipinski definition) is 5. The van der Waals surface area contributed by atoms with Gasteiger partial charge in [-0.1, -0.05) is 18.2 Å². The van der Waals surface area contributed by atoms with E-state index in [0.717, 1.165) is 0 Å². The third kappa shape index (κ3) is 4.21. The van der Waals surface area contributed by atoms with E-state index in [0.29, 0.717) is 9.87 Å². The first-order chi connectivity index (χ1) is 9.25. The number of methoxy groups -OCH3 is 1. The summed E-state index contributed by atoms with van der Waals surface area (Å²) < 4.78 is 28.0. The summed E-state index contributed by atoms with van der Waals surface area (Å²) in [5.74, 6) is -1.95. The molecule has 0 saturated heterocycles. The van der Waals surface area contributed by atoms with Crippen LogP contribution >= 0.6 is 0 Å². The molecule has 110 valence electrons. The van der Waals surface area contributed by atoms with E-state index in [2.05, 4.69) is 4.74 Å². The van der Waals surface area contributed by atoms with Crippen molar-refractivity contribution in [3.05, 3.63) is 29.8 Å². The number of anilines is 1. The van der Waals surface area contributed by atoms with Crippen LogP contribution in [0.15, 0.2) is 24.3 Å². The van der Waals surface area contributed by atoms with Gasteiger partial charge >= 0.3 is 11.9 Å². The van der Waals surface area contributed by atoms with Crippen LogP contribution in [0, 0.1) is 0 Å². The molecule has 0 fully saturated rings. The quantitative estimate of drug-likeness (QED) is 0.682. The van der Waals surface area contributed by atoms with Gasteiger partial charge in [-0.05, 0) is 11.6 Å². The molecule has 1 aromatic carbocycles. The fraction of sp³-hybridized carbons (Fsp3) is 0.273. The molecule has 9 heteroatoms. The second-order valence-electron chi connectivity index (χ2n) is 3.83. The highest BCUT2D eigenvalue weighted by atomic mass is 32.2. The number of carboxylic acids is 1. The fourth-order valence-corrected chi connectivity index (χ4v) is 2.31. The Morgan fingerprint density at radius 1 is 1.35 bits per heavy atom. The lowest BCUT2D eigenvalue weighted by Crippen LogP contribution is -2.41. The Balaban J connectivity index is 3.26. The van der Waals surface area contributed by atoms with E-state index < -0.39 is 28.7 Å². The first-order valence-corrected chi connectivity index (χ1v) is 6.93. The highest BCUT2D eigenvalue weighted by Gasteiger charge is 2.24. The molecular formula is C11H14N2O6S. The maximum Gasteiger partial charge on any atom is 0.324 e. The van der Waals surface area contributed by atoms with Crippen LogP contribution in [0.4, 0.5) is 5.69 Å². The first-order valence-electron chi connectivity index (χ1n) is 5.42. The third-order valence-corrected chi connectivity index (χ3v) is 3.35. The Hall–Kier alpha value is -2.13. The van der Waals surface area contributed by atoms with E-state index in [9.17, 15) is 18.0 Å². The van der Waals surface area contributed by atoms with Crippen LogP contribution in [-0.2, 0) is 31.0 Å². The number of rotatable bonds is 6. The number of nitrogens with zero attached hydrogens (tertiary/aromatic N) is 1. The summed E-state index contributed by atoms with van der Waals surface area (Å²) in [7, 11) is -3.08. The van der Waals surface area contributed by atoms with E-state index in [1.165, 1.54) is 25.3 Å². The minimum absolute atomic E-state index is 0.0304. The van der Waals surface area contributed by atoms with Crippen molar-refractivity contribution in [3.63, 3.8) is 0 Å². The monoisotopic (exact) mass is 302 g/mol. The maximum atomic E-state index is 11.5. The van der Waals surface area contributed by atoms with Gasteiger partial charge in [0.25, 0.3) is 10.2 Å². The van der Waals surface area contributed by atoms with Crippen LogP contribution in [0.5, 0.6) is 0 Å². The molecule has 3 N–H and O–H groups in total. The number of carbonyl (C=O) groups excluding carboxylic acids is 1. The van der Waals surface area contributed by atoms with Crippen molar-refractivity contribution in [2.24, 2.45) is 5.14 Å². The molecular weight excluding hydrogens is 288 g/mol. The summed E-state index contributed by atoms with van der Waals surface area (Å²) in [6, 6.07) is 5.96. The molecule has 0 heterocycles. The number of carboxylic acid groups (broad SMARTS) is 1. The summed E-state index contributed by atoms with van der Waals surface area (Å²) in [6.07, 6.45) is -0.196. The van der Waals surface area contributed by atoms with Crippen LogP contribution in [0.3, 0.4) is 0 Å². The molecule has 0 amide bonds. The minimum atomic E-state index is -4.28. The summed E-state index contributed by atoms with van der Waals surface area (Å²) in [5, 5.41) is 13.8. The Morgan fingerprint density at radius 3 is 2.45 bits per heavy atom. The lowest BCUT2D eigenvalue weighted by Gasteiger charge is -2.22. The molecule has 0 saturated carbocycles. The van der Waals surface area contributed by atoms with Gasteiger partial charge in [0.15, 0.2) is 0 Å². The Morgan fingerprint density at radius 2 is 1.95 bits per heavy atom. The van der Waals surface area contributed by atoms with Crippen molar-refractivity contribution in [1.82, 2.24) is 0 Å². The number of carbonyl (C=O) groups is 2. The van der Waals surface area contributed by atoms with Gasteiger partial charge in [-0.3, -0.25) is 9.59 Å². The van der Waals surface area contributed by atoms with Gasteiger partial charge < -0.3 is 9.84 Å². The van der Waals surface area contributed by atoms with Crippen LogP contribution in [0.2, 0.25) is 0 Å². The van der Waals surface area contributed by atoms with Gasteiger partial charge in [0.1, 0.15) is 6.54 Å². The first kappa shape index (κ1) is 15.9.